The van der Waals surface area contributed by atoms with E-state index in [0.29, 0.717) is 17.9 Å². The van der Waals surface area contributed by atoms with Crippen molar-refractivity contribution in [1.82, 2.24) is 10.3 Å². The molecule has 0 spiro atoms. The first-order valence-corrected chi connectivity index (χ1v) is 9.70. The van der Waals surface area contributed by atoms with Crippen LogP contribution in [0, 0.1) is 0 Å². The van der Waals surface area contributed by atoms with E-state index in [2.05, 4.69) is 10.3 Å². The van der Waals surface area contributed by atoms with Gasteiger partial charge in [-0.05, 0) is 48.4 Å². The first-order chi connectivity index (χ1) is 14.1. The van der Waals surface area contributed by atoms with Crippen LogP contribution in [0.1, 0.15) is 24.1 Å². The Labute approximate surface area is 173 Å². The molecule has 3 aromatic rings. The normalized spacial score (nSPS) is 16.5. The van der Waals surface area contributed by atoms with Crippen molar-refractivity contribution < 1.29 is 9.53 Å². The molecule has 5 nitrogen and oxygen atoms in total. The quantitative estimate of drug-likeness (QED) is 0.653. The van der Waals surface area contributed by atoms with Crippen molar-refractivity contribution in [3.63, 3.8) is 0 Å². The van der Waals surface area contributed by atoms with Crippen LogP contribution >= 0.6 is 11.6 Å². The lowest BCUT2D eigenvalue weighted by Crippen LogP contribution is -2.23. The van der Waals surface area contributed by atoms with Crippen LogP contribution < -0.4 is 15.6 Å². The van der Waals surface area contributed by atoms with Crippen LogP contribution in [0.4, 0.5) is 0 Å². The maximum Gasteiger partial charge on any atom is 0.267 e. The van der Waals surface area contributed by atoms with Gasteiger partial charge in [-0.2, -0.15) is 0 Å². The highest BCUT2D eigenvalue weighted by molar-refractivity contribution is 6.30. The zero-order valence-corrected chi connectivity index (χ0v) is 16.3. The number of pyridine rings is 1. The average Bonchev–Trinajstić information content (AvgIpc) is 3.15. The van der Waals surface area contributed by atoms with E-state index in [9.17, 15) is 9.59 Å². The number of carbonyl (C=O) groups is 1. The highest BCUT2D eigenvalue weighted by atomic mass is 35.5. The van der Waals surface area contributed by atoms with Crippen molar-refractivity contribution in [2.45, 2.75) is 18.9 Å². The standard InChI is InChI=1S/C23H19ClN2O3/c24-20-11-12-21(26-23(20)28)19(14-16-8-13-22(27)25-16)15-6-9-18(10-7-15)29-17-4-2-1-3-5-17/h1-7,9-12,14,16H,8,13H2,(H,25,27)(H,26,28)/b19-14-/t16-/m1/s1. The van der Waals surface area contributed by atoms with Gasteiger partial charge >= 0.3 is 0 Å². The fourth-order valence-electron chi connectivity index (χ4n) is 3.25. The minimum atomic E-state index is -0.352. The summed E-state index contributed by atoms with van der Waals surface area (Å²) in [5.74, 6) is 1.49. The third-order valence-corrected chi connectivity index (χ3v) is 4.99. The van der Waals surface area contributed by atoms with Crippen molar-refractivity contribution >= 4 is 23.1 Å². The fraction of sp³-hybridized carbons (Fsp3) is 0.130. The molecular formula is C23H19ClN2O3. The Morgan fingerprint density at radius 3 is 2.34 bits per heavy atom. The second kappa shape index (κ2) is 8.37. The predicted octanol–water partition coefficient (Wildman–Crippen LogP) is 4.53. The Hall–Kier alpha value is -3.31. The fourth-order valence-corrected chi connectivity index (χ4v) is 3.36. The van der Waals surface area contributed by atoms with Crippen molar-refractivity contribution in [2.75, 3.05) is 0 Å². The molecule has 1 fully saturated rings. The number of para-hydroxylation sites is 1. The summed E-state index contributed by atoms with van der Waals surface area (Å²) in [5, 5.41) is 3.07. The van der Waals surface area contributed by atoms with Gasteiger partial charge in [0, 0.05) is 23.7 Å². The zero-order chi connectivity index (χ0) is 20.2. The van der Waals surface area contributed by atoms with Gasteiger partial charge in [-0.15, -0.1) is 0 Å². The molecule has 1 amide bonds. The van der Waals surface area contributed by atoms with Gasteiger partial charge in [0.05, 0.1) is 0 Å². The Kier molecular flexibility index (Phi) is 5.49. The molecule has 1 aliphatic heterocycles. The van der Waals surface area contributed by atoms with Gasteiger partial charge in [0.25, 0.3) is 5.56 Å². The smallest absolute Gasteiger partial charge is 0.267 e. The average molecular weight is 407 g/mol. The number of ether oxygens (including phenoxy) is 1. The lowest BCUT2D eigenvalue weighted by molar-refractivity contribution is -0.119. The summed E-state index contributed by atoms with van der Waals surface area (Å²) in [7, 11) is 0. The third kappa shape index (κ3) is 4.58. The molecular weight excluding hydrogens is 388 g/mol. The molecule has 1 atom stereocenters. The van der Waals surface area contributed by atoms with Gasteiger partial charge in [-0.3, -0.25) is 9.59 Å². The summed E-state index contributed by atoms with van der Waals surface area (Å²) in [6.07, 6.45) is 3.18. The minimum absolute atomic E-state index is 0.0295. The Bertz CT molecular complexity index is 1100. The highest BCUT2D eigenvalue weighted by Crippen LogP contribution is 2.28. The number of hydrogen-bond acceptors (Lipinski definition) is 3. The van der Waals surface area contributed by atoms with Crippen molar-refractivity contribution in [1.29, 1.82) is 0 Å². The van der Waals surface area contributed by atoms with Crippen molar-refractivity contribution in [3.05, 3.63) is 99.4 Å². The SMILES string of the molecule is O=C1CC[C@H](/C=C(/c2ccc(Oc3ccccc3)cc2)c2ccc(Cl)c(=O)[nH]2)N1. The number of halogens is 1. The van der Waals surface area contributed by atoms with E-state index in [1.165, 1.54) is 0 Å². The number of benzene rings is 2. The second-order valence-electron chi connectivity index (χ2n) is 6.78. The lowest BCUT2D eigenvalue weighted by Gasteiger charge is -2.13. The molecule has 1 aromatic heterocycles. The van der Waals surface area contributed by atoms with E-state index in [1.54, 1.807) is 12.1 Å². The van der Waals surface area contributed by atoms with Crippen LogP contribution in [-0.4, -0.2) is 16.9 Å². The highest BCUT2D eigenvalue weighted by Gasteiger charge is 2.20. The van der Waals surface area contributed by atoms with Crippen LogP contribution in [0.3, 0.4) is 0 Å². The maximum absolute atomic E-state index is 12.0. The van der Waals surface area contributed by atoms with E-state index in [4.69, 9.17) is 16.3 Å². The molecule has 146 valence electrons. The molecule has 0 bridgehead atoms. The summed E-state index contributed by atoms with van der Waals surface area (Å²) in [6, 6.07) is 20.4. The van der Waals surface area contributed by atoms with E-state index < -0.39 is 0 Å². The van der Waals surface area contributed by atoms with E-state index >= 15 is 0 Å². The molecule has 2 heterocycles. The molecule has 0 saturated carbocycles. The number of nitrogens with one attached hydrogen (secondary N) is 2. The van der Waals surface area contributed by atoms with Crippen molar-refractivity contribution in [3.8, 4) is 11.5 Å². The van der Waals surface area contributed by atoms with E-state index in [0.717, 1.165) is 23.3 Å². The largest absolute Gasteiger partial charge is 0.457 e. The molecule has 1 saturated heterocycles. The third-order valence-electron chi connectivity index (χ3n) is 4.69. The van der Waals surface area contributed by atoms with Crippen LogP contribution in [-0.2, 0) is 4.79 Å². The summed E-state index contributed by atoms with van der Waals surface area (Å²) < 4.78 is 5.85. The molecule has 0 unspecified atom stereocenters. The van der Waals surface area contributed by atoms with Gasteiger partial charge in [0.15, 0.2) is 0 Å². The zero-order valence-electron chi connectivity index (χ0n) is 15.5. The predicted molar refractivity (Wildman–Crippen MR) is 113 cm³/mol. The monoisotopic (exact) mass is 406 g/mol. The molecule has 1 aliphatic rings. The molecule has 6 heteroatoms. The number of carbonyl (C=O) groups excluding carboxylic acids is 1. The second-order valence-corrected chi connectivity index (χ2v) is 7.19. The molecule has 4 rings (SSSR count). The van der Waals surface area contributed by atoms with Crippen LogP contribution in [0.15, 0.2) is 77.6 Å². The number of H-pyrrole nitrogens is 1. The molecule has 2 N–H and O–H groups in total. The van der Waals surface area contributed by atoms with Crippen LogP contribution in [0.25, 0.3) is 5.57 Å². The molecule has 0 aliphatic carbocycles. The number of amides is 1. The number of aromatic nitrogens is 1. The Morgan fingerprint density at radius 1 is 0.966 bits per heavy atom. The molecule has 29 heavy (non-hydrogen) atoms. The topological polar surface area (TPSA) is 71.2 Å². The molecule has 2 aromatic carbocycles. The van der Waals surface area contributed by atoms with Gasteiger partial charge in [0.2, 0.25) is 5.91 Å². The Morgan fingerprint density at radius 2 is 1.69 bits per heavy atom. The number of rotatable bonds is 5. The summed E-state index contributed by atoms with van der Waals surface area (Å²) >= 11 is 5.88. The lowest BCUT2D eigenvalue weighted by atomic mass is 9.99. The summed E-state index contributed by atoms with van der Waals surface area (Å²) in [5.41, 5.74) is 1.99. The summed E-state index contributed by atoms with van der Waals surface area (Å²) in [6.45, 7) is 0. The van der Waals surface area contributed by atoms with Gasteiger partial charge in [-0.1, -0.05) is 48.0 Å². The first-order valence-electron chi connectivity index (χ1n) is 9.32. The van der Waals surface area contributed by atoms with E-state index in [1.807, 2.05) is 60.7 Å². The maximum atomic E-state index is 12.0. The molecule has 0 radical (unpaired) electrons. The first kappa shape index (κ1) is 19.0. The van der Waals surface area contributed by atoms with E-state index in [-0.39, 0.29) is 22.5 Å². The van der Waals surface area contributed by atoms with Gasteiger partial charge in [-0.25, -0.2) is 0 Å². The van der Waals surface area contributed by atoms with Gasteiger partial charge in [0.1, 0.15) is 16.5 Å². The Balaban J connectivity index is 1.67. The van der Waals surface area contributed by atoms with Crippen LogP contribution in [0.5, 0.6) is 11.5 Å². The minimum Gasteiger partial charge on any atom is -0.457 e. The summed E-state index contributed by atoms with van der Waals surface area (Å²) in [4.78, 5) is 26.4. The van der Waals surface area contributed by atoms with Crippen LogP contribution in [0.2, 0.25) is 5.02 Å². The number of hydrogen-bond donors (Lipinski definition) is 2. The number of aromatic amines is 1. The van der Waals surface area contributed by atoms with Crippen molar-refractivity contribution in [2.24, 2.45) is 0 Å². The van der Waals surface area contributed by atoms with Gasteiger partial charge < -0.3 is 15.0 Å².